The van der Waals surface area contributed by atoms with Crippen LogP contribution in [-0.2, 0) is 16.0 Å². The summed E-state index contributed by atoms with van der Waals surface area (Å²) >= 11 is 6.14. The Morgan fingerprint density at radius 3 is 2.67 bits per heavy atom. The molecule has 0 aliphatic rings. The van der Waals surface area contributed by atoms with Gasteiger partial charge < -0.3 is 13.9 Å². The van der Waals surface area contributed by atoms with Crippen molar-refractivity contribution in [2.24, 2.45) is 0 Å². The van der Waals surface area contributed by atoms with E-state index in [9.17, 15) is 0 Å². The Morgan fingerprint density at radius 1 is 1.29 bits per heavy atom. The second-order valence-electron chi connectivity index (χ2n) is 4.72. The normalized spacial score (nSPS) is 11.5. The minimum atomic E-state index is -0.259. The van der Waals surface area contributed by atoms with Gasteiger partial charge in [-0.25, -0.2) is 4.98 Å². The van der Waals surface area contributed by atoms with E-state index in [1.165, 1.54) is 0 Å². The van der Waals surface area contributed by atoms with Crippen LogP contribution in [0.5, 0.6) is 0 Å². The van der Waals surface area contributed by atoms with Gasteiger partial charge in [0.2, 0.25) is 5.89 Å². The predicted octanol–water partition coefficient (Wildman–Crippen LogP) is 3.05. The van der Waals surface area contributed by atoms with E-state index >= 15 is 0 Å². The maximum absolute atomic E-state index is 6.14. The predicted molar refractivity (Wildman–Crippen MR) is 81.1 cm³/mol. The fourth-order valence-corrected chi connectivity index (χ4v) is 2.20. The largest absolute Gasteiger partial charge is 0.444 e. The summed E-state index contributed by atoms with van der Waals surface area (Å²) in [4.78, 5) is 6.51. The third kappa shape index (κ3) is 4.28. The Hall–Kier alpha value is -1.40. The molecule has 1 aromatic heterocycles. The minimum absolute atomic E-state index is 0.259. The number of hydrogen-bond acceptors (Lipinski definition) is 5. The number of halogens is 1. The first kappa shape index (κ1) is 16.0. The lowest BCUT2D eigenvalue weighted by Crippen LogP contribution is -2.31. The zero-order valence-electron chi connectivity index (χ0n) is 12.4. The lowest BCUT2D eigenvalue weighted by molar-refractivity contribution is -0.114. The molecule has 0 aliphatic heterocycles. The molecule has 0 fully saturated rings. The van der Waals surface area contributed by atoms with E-state index in [1.54, 1.807) is 20.5 Å². The summed E-state index contributed by atoms with van der Waals surface area (Å²) in [6, 6.07) is 7.47. The van der Waals surface area contributed by atoms with Crippen molar-refractivity contribution in [1.82, 2.24) is 9.88 Å². The number of hydrogen-bond donors (Lipinski definition) is 0. The fourth-order valence-electron chi connectivity index (χ4n) is 1.98. The first-order valence-electron chi connectivity index (χ1n) is 6.57. The van der Waals surface area contributed by atoms with Crippen molar-refractivity contribution in [3.8, 4) is 11.5 Å². The summed E-state index contributed by atoms with van der Waals surface area (Å²) in [7, 11) is 5.20. The van der Waals surface area contributed by atoms with Crippen LogP contribution in [0.25, 0.3) is 11.5 Å². The second kappa shape index (κ2) is 7.56. The lowest BCUT2D eigenvalue weighted by Gasteiger charge is -2.20. The van der Waals surface area contributed by atoms with E-state index in [4.69, 9.17) is 25.5 Å². The smallest absolute Gasteiger partial charge is 0.227 e. The number of nitrogens with zero attached hydrogens (tertiary/aromatic N) is 2. The number of ether oxygens (including phenoxy) is 2. The van der Waals surface area contributed by atoms with Crippen molar-refractivity contribution >= 4 is 11.6 Å². The first-order valence-corrected chi connectivity index (χ1v) is 6.95. The molecular weight excluding hydrogens is 292 g/mol. The Morgan fingerprint density at radius 2 is 2.00 bits per heavy atom. The Balaban J connectivity index is 2.02. The summed E-state index contributed by atoms with van der Waals surface area (Å²) in [5, 5.41) is 0.623. The fraction of sp³-hybridized carbons (Fsp3) is 0.400. The average Bonchev–Trinajstić information content (AvgIpc) is 2.93. The van der Waals surface area contributed by atoms with Crippen molar-refractivity contribution in [1.29, 1.82) is 0 Å². The van der Waals surface area contributed by atoms with Gasteiger partial charge >= 0.3 is 0 Å². The van der Waals surface area contributed by atoms with Gasteiger partial charge in [0.25, 0.3) is 0 Å². The Bertz CT molecular complexity index is 570. The molecule has 2 rings (SSSR count). The van der Waals surface area contributed by atoms with E-state index in [2.05, 4.69) is 4.98 Å². The molecule has 6 heteroatoms. The van der Waals surface area contributed by atoms with Gasteiger partial charge in [-0.2, -0.15) is 0 Å². The highest BCUT2D eigenvalue weighted by molar-refractivity contribution is 6.33. The first-order chi connectivity index (χ1) is 10.1. The number of oxazole rings is 1. The summed E-state index contributed by atoms with van der Waals surface area (Å²) in [5.41, 5.74) is 1.62. The van der Waals surface area contributed by atoms with Gasteiger partial charge in [0.15, 0.2) is 6.29 Å². The highest BCUT2D eigenvalue weighted by Crippen LogP contribution is 2.26. The molecule has 0 bridgehead atoms. The maximum atomic E-state index is 6.14. The van der Waals surface area contributed by atoms with Crippen molar-refractivity contribution < 1.29 is 13.9 Å². The van der Waals surface area contributed by atoms with Gasteiger partial charge in [0.1, 0.15) is 6.26 Å². The number of likely N-dealkylation sites (N-methyl/N-ethyl adjacent to an activating group) is 1. The molecule has 0 amide bonds. The van der Waals surface area contributed by atoms with Crippen molar-refractivity contribution in [2.45, 2.75) is 12.8 Å². The van der Waals surface area contributed by atoms with Crippen molar-refractivity contribution in [3.05, 3.63) is 41.2 Å². The zero-order chi connectivity index (χ0) is 15.2. The SMILES string of the molecule is COC(CN(C)Cc1coc(-c2ccccc2Cl)n1)OC. The molecule has 5 nitrogen and oxygen atoms in total. The van der Waals surface area contributed by atoms with E-state index in [1.807, 2.05) is 36.2 Å². The van der Waals surface area contributed by atoms with Crippen LogP contribution in [0.4, 0.5) is 0 Å². The molecule has 1 heterocycles. The number of methoxy groups -OCH3 is 2. The minimum Gasteiger partial charge on any atom is -0.444 e. The van der Waals surface area contributed by atoms with Crippen LogP contribution in [0.15, 0.2) is 34.9 Å². The zero-order valence-corrected chi connectivity index (χ0v) is 13.1. The molecule has 0 saturated heterocycles. The monoisotopic (exact) mass is 310 g/mol. The number of benzene rings is 1. The summed E-state index contributed by atoms with van der Waals surface area (Å²) < 4.78 is 15.9. The highest BCUT2D eigenvalue weighted by Gasteiger charge is 2.13. The second-order valence-corrected chi connectivity index (χ2v) is 5.13. The molecule has 0 aliphatic carbocycles. The summed E-state index contributed by atoms with van der Waals surface area (Å²) in [6.45, 7) is 1.28. The van der Waals surface area contributed by atoms with E-state index < -0.39 is 0 Å². The van der Waals surface area contributed by atoms with Gasteiger partial charge in [0.05, 0.1) is 16.3 Å². The molecular formula is C15H19ClN2O3. The van der Waals surface area contributed by atoms with Crippen LogP contribution in [0.2, 0.25) is 5.02 Å². The standard InChI is InChI=1S/C15H19ClN2O3/c1-18(9-14(19-2)20-3)8-11-10-21-15(17-11)12-6-4-5-7-13(12)16/h4-7,10,14H,8-9H2,1-3H3. The summed E-state index contributed by atoms with van der Waals surface area (Å²) in [6.07, 6.45) is 1.38. The van der Waals surface area contributed by atoms with Crippen LogP contribution in [0.1, 0.15) is 5.69 Å². The van der Waals surface area contributed by atoms with Gasteiger partial charge in [-0.15, -0.1) is 0 Å². The Labute approximate surface area is 129 Å². The van der Waals surface area contributed by atoms with Gasteiger partial charge in [-0.1, -0.05) is 23.7 Å². The van der Waals surface area contributed by atoms with E-state index in [-0.39, 0.29) is 6.29 Å². The molecule has 1 aromatic carbocycles. The van der Waals surface area contributed by atoms with Crippen LogP contribution in [0.3, 0.4) is 0 Å². The summed E-state index contributed by atoms with van der Waals surface area (Å²) in [5.74, 6) is 0.527. The average molecular weight is 311 g/mol. The molecule has 0 spiro atoms. The Kier molecular flexibility index (Phi) is 5.76. The number of aromatic nitrogens is 1. The highest BCUT2D eigenvalue weighted by atomic mass is 35.5. The molecule has 0 unspecified atom stereocenters. The molecule has 0 atom stereocenters. The van der Waals surface area contributed by atoms with Gasteiger partial charge in [0, 0.05) is 27.3 Å². The quantitative estimate of drug-likeness (QED) is 0.736. The maximum Gasteiger partial charge on any atom is 0.227 e. The van der Waals surface area contributed by atoms with Crippen molar-refractivity contribution in [2.75, 3.05) is 27.8 Å². The van der Waals surface area contributed by atoms with E-state index in [0.29, 0.717) is 24.0 Å². The van der Waals surface area contributed by atoms with Gasteiger partial charge in [-0.3, -0.25) is 4.90 Å². The third-order valence-electron chi connectivity index (χ3n) is 3.07. The molecule has 21 heavy (non-hydrogen) atoms. The van der Waals surface area contributed by atoms with E-state index in [0.717, 1.165) is 11.3 Å². The molecule has 0 radical (unpaired) electrons. The topological polar surface area (TPSA) is 47.7 Å². The molecule has 114 valence electrons. The van der Waals surface area contributed by atoms with Crippen LogP contribution < -0.4 is 0 Å². The third-order valence-corrected chi connectivity index (χ3v) is 3.40. The van der Waals surface area contributed by atoms with Crippen molar-refractivity contribution in [3.63, 3.8) is 0 Å². The van der Waals surface area contributed by atoms with Crippen LogP contribution in [-0.4, -0.2) is 44.0 Å². The molecule has 0 saturated carbocycles. The number of rotatable bonds is 7. The van der Waals surface area contributed by atoms with Crippen LogP contribution in [0, 0.1) is 0 Å². The van der Waals surface area contributed by atoms with Gasteiger partial charge in [-0.05, 0) is 19.2 Å². The molecule has 0 N–H and O–H groups in total. The van der Waals surface area contributed by atoms with Crippen LogP contribution >= 0.6 is 11.6 Å². The lowest BCUT2D eigenvalue weighted by atomic mass is 10.2. The molecule has 2 aromatic rings.